The molecule has 5 nitrogen and oxygen atoms in total. The van der Waals surface area contributed by atoms with E-state index in [0.29, 0.717) is 5.82 Å². The molecule has 70 valence electrons. The van der Waals surface area contributed by atoms with E-state index in [1.807, 2.05) is 0 Å². The minimum Gasteiger partial charge on any atom is -0.476 e. The molecule has 0 aliphatic rings. The van der Waals surface area contributed by atoms with Crippen LogP contribution in [0.2, 0.25) is 5.02 Å². The fourth-order valence-corrected chi connectivity index (χ4v) is 0.924. The van der Waals surface area contributed by atoms with Gasteiger partial charge in [-0.3, -0.25) is 0 Å². The number of carboxylic acids is 1. The number of aromatic nitrogens is 2. The number of nitrogens with zero attached hydrogens (tertiary/aromatic N) is 2. The Morgan fingerprint density at radius 2 is 2.46 bits per heavy atom. The Kier molecular flexibility index (Phi) is 3.16. The zero-order chi connectivity index (χ0) is 9.84. The van der Waals surface area contributed by atoms with Gasteiger partial charge in [0.05, 0.1) is 11.2 Å². The Morgan fingerprint density at radius 3 is 3.00 bits per heavy atom. The Labute approximate surface area is 79.3 Å². The molecule has 0 spiro atoms. The molecule has 0 bridgehead atoms. The average Bonchev–Trinajstić information content (AvgIpc) is 2.08. The van der Waals surface area contributed by atoms with Crippen LogP contribution < -0.4 is 0 Å². The number of methoxy groups -OCH3 is 1. The Bertz CT molecular complexity index is 330. The molecule has 6 heteroatoms. The van der Waals surface area contributed by atoms with Crippen molar-refractivity contribution in [3.63, 3.8) is 0 Å². The highest BCUT2D eigenvalue weighted by atomic mass is 35.5. The Morgan fingerprint density at radius 1 is 1.77 bits per heavy atom. The van der Waals surface area contributed by atoms with Crippen molar-refractivity contribution in [1.29, 1.82) is 0 Å². The largest absolute Gasteiger partial charge is 0.476 e. The highest BCUT2D eigenvalue weighted by molar-refractivity contribution is 6.33. The Balaban J connectivity index is 3.04. The van der Waals surface area contributed by atoms with Crippen molar-refractivity contribution in [2.45, 2.75) is 6.61 Å². The summed E-state index contributed by atoms with van der Waals surface area (Å²) in [5, 5.41) is 8.66. The summed E-state index contributed by atoms with van der Waals surface area (Å²) in [6, 6.07) is 0. The summed E-state index contributed by atoms with van der Waals surface area (Å²) in [5.41, 5.74) is -0.205. The molecule has 1 rings (SSSR count). The van der Waals surface area contributed by atoms with Gasteiger partial charge in [0.25, 0.3) is 0 Å². The third-order valence-electron chi connectivity index (χ3n) is 1.27. The summed E-state index contributed by atoms with van der Waals surface area (Å²) in [6.07, 6.45) is 1.24. The second-order valence-corrected chi connectivity index (χ2v) is 2.63. The van der Waals surface area contributed by atoms with Gasteiger partial charge in [0.2, 0.25) is 0 Å². The van der Waals surface area contributed by atoms with E-state index in [1.54, 1.807) is 0 Å². The predicted octanol–water partition coefficient (Wildman–Crippen LogP) is 0.975. The van der Waals surface area contributed by atoms with Gasteiger partial charge in [-0.05, 0) is 0 Å². The summed E-state index contributed by atoms with van der Waals surface area (Å²) >= 11 is 5.54. The van der Waals surface area contributed by atoms with Crippen LogP contribution in [-0.2, 0) is 11.3 Å². The van der Waals surface area contributed by atoms with Crippen molar-refractivity contribution < 1.29 is 14.6 Å². The van der Waals surface area contributed by atoms with Crippen molar-refractivity contribution in [3.05, 3.63) is 22.7 Å². The topological polar surface area (TPSA) is 72.3 Å². The fourth-order valence-electron chi connectivity index (χ4n) is 0.752. The molecule has 1 aromatic rings. The second kappa shape index (κ2) is 4.15. The first kappa shape index (κ1) is 9.88. The number of carboxylic acid groups (broad SMARTS) is 1. The van der Waals surface area contributed by atoms with Gasteiger partial charge in [0.1, 0.15) is 6.61 Å². The molecule has 0 saturated carbocycles. The molecule has 0 aliphatic carbocycles. The molecule has 0 unspecified atom stereocenters. The number of carbonyl (C=O) groups is 1. The summed E-state index contributed by atoms with van der Waals surface area (Å²) in [5.74, 6) is -0.881. The molecule has 13 heavy (non-hydrogen) atoms. The van der Waals surface area contributed by atoms with E-state index in [0.717, 1.165) is 0 Å². The number of halogens is 1. The van der Waals surface area contributed by atoms with Gasteiger partial charge in [0, 0.05) is 7.11 Å². The molecule has 0 saturated heterocycles. The maximum absolute atomic E-state index is 10.6. The van der Waals surface area contributed by atoms with Gasteiger partial charge in [-0.1, -0.05) is 11.6 Å². The average molecular weight is 203 g/mol. The van der Waals surface area contributed by atoms with Crippen molar-refractivity contribution >= 4 is 17.6 Å². The first-order valence-corrected chi connectivity index (χ1v) is 3.76. The summed E-state index contributed by atoms with van der Waals surface area (Å²) in [4.78, 5) is 18.0. The first-order chi connectivity index (χ1) is 6.15. The lowest BCUT2D eigenvalue weighted by molar-refractivity contribution is 0.0689. The van der Waals surface area contributed by atoms with Crippen molar-refractivity contribution in [2.75, 3.05) is 7.11 Å². The monoisotopic (exact) mass is 202 g/mol. The van der Waals surface area contributed by atoms with Crippen molar-refractivity contribution in [1.82, 2.24) is 9.97 Å². The second-order valence-electron chi connectivity index (χ2n) is 2.22. The van der Waals surface area contributed by atoms with Crippen molar-refractivity contribution in [2.24, 2.45) is 0 Å². The molecule has 0 amide bonds. The maximum atomic E-state index is 10.6. The maximum Gasteiger partial charge on any atom is 0.356 e. The van der Waals surface area contributed by atoms with Crippen LogP contribution in [0.4, 0.5) is 0 Å². The normalized spacial score (nSPS) is 10.0. The minimum absolute atomic E-state index is 0.0207. The quantitative estimate of drug-likeness (QED) is 0.791. The van der Waals surface area contributed by atoms with Crippen LogP contribution in [0.3, 0.4) is 0 Å². The number of aromatic carboxylic acids is 1. The SMILES string of the molecule is COCc1ncc(Cl)c(C(=O)O)n1. The third-order valence-corrected chi connectivity index (χ3v) is 1.55. The van der Waals surface area contributed by atoms with Gasteiger partial charge in [-0.25, -0.2) is 14.8 Å². The van der Waals surface area contributed by atoms with E-state index in [4.69, 9.17) is 21.4 Å². The molecule has 1 aromatic heterocycles. The Hall–Kier alpha value is -1.20. The van der Waals surface area contributed by atoms with E-state index in [9.17, 15) is 4.79 Å². The lowest BCUT2D eigenvalue weighted by Crippen LogP contribution is -2.06. The third kappa shape index (κ3) is 2.37. The van der Waals surface area contributed by atoms with Gasteiger partial charge in [-0.15, -0.1) is 0 Å². The number of ether oxygens (including phenoxy) is 1. The molecular formula is C7H7ClN2O3. The highest BCUT2D eigenvalue weighted by Gasteiger charge is 2.11. The van der Waals surface area contributed by atoms with Gasteiger partial charge in [-0.2, -0.15) is 0 Å². The first-order valence-electron chi connectivity index (χ1n) is 3.38. The van der Waals surface area contributed by atoms with Gasteiger partial charge >= 0.3 is 5.97 Å². The van der Waals surface area contributed by atoms with Crippen molar-refractivity contribution in [3.8, 4) is 0 Å². The lowest BCUT2D eigenvalue weighted by atomic mass is 10.4. The van der Waals surface area contributed by atoms with E-state index in [2.05, 4.69) is 9.97 Å². The van der Waals surface area contributed by atoms with Gasteiger partial charge < -0.3 is 9.84 Å². The summed E-state index contributed by atoms with van der Waals surface area (Å²) < 4.78 is 4.74. The number of hydrogen-bond acceptors (Lipinski definition) is 4. The molecule has 0 atom stereocenters. The molecule has 1 N–H and O–H groups in total. The summed E-state index contributed by atoms with van der Waals surface area (Å²) in [7, 11) is 1.47. The van der Waals surface area contributed by atoms with Crippen LogP contribution in [0, 0.1) is 0 Å². The van der Waals surface area contributed by atoms with Crippen LogP contribution in [0.1, 0.15) is 16.3 Å². The van der Waals surface area contributed by atoms with E-state index in [1.165, 1.54) is 13.3 Å². The van der Waals surface area contributed by atoms with Crippen LogP contribution in [0.25, 0.3) is 0 Å². The molecule has 0 radical (unpaired) electrons. The minimum atomic E-state index is -1.18. The number of rotatable bonds is 3. The molecule has 1 heterocycles. The van der Waals surface area contributed by atoms with Crippen LogP contribution >= 0.6 is 11.6 Å². The zero-order valence-electron chi connectivity index (χ0n) is 6.82. The van der Waals surface area contributed by atoms with E-state index >= 15 is 0 Å². The predicted molar refractivity (Wildman–Crippen MR) is 44.7 cm³/mol. The standard InChI is InChI=1S/C7H7ClN2O3/c1-13-3-5-9-2-4(8)6(10-5)7(11)12/h2H,3H2,1H3,(H,11,12). The van der Waals surface area contributed by atoms with Gasteiger partial charge in [0.15, 0.2) is 11.5 Å². The van der Waals surface area contributed by atoms with Crippen LogP contribution in [0.5, 0.6) is 0 Å². The molecular weight excluding hydrogens is 196 g/mol. The molecule has 0 aromatic carbocycles. The van der Waals surface area contributed by atoms with Crippen LogP contribution in [-0.4, -0.2) is 28.2 Å². The highest BCUT2D eigenvalue weighted by Crippen LogP contribution is 2.11. The van der Waals surface area contributed by atoms with E-state index in [-0.39, 0.29) is 17.3 Å². The molecule has 0 fully saturated rings. The summed E-state index contributed by atoms with van der Waals surface area (Å²) in [6.45, 7) is 0.164. The zero-order valence-corrected chi connectivity index (χ0v) is 7.58. The number of hydrogen-bond donors (Lipinski definition) is 1. The molecule has 0 aliphatic heterocycles. The smallest absolute Gasteiger partial charge is 0.356 e. The van der Waals surface area contributed by atoms with E-state index < -0.39 is 5.97 Å². The lowest BCUT2D eigenvalue weighted by Gasteiger charge is -2.00. The fraction of sp³-hybridized carbons (Fsp3) is 0.286. The van der Waals surface area contributed by atoms with Crippen LogP contribution in [0.15, 0.2) is 6.20 Å².